The van der Waals surface area contributed by atoms with E-state index in [2.05, 4.69) is 4.90 Å². The van der Waals surface area contributed by atoms with Crippen LogP contribution in [0, 0.1) is 5.92 Å². The average molecular weight is 278 g/mol. The predicted octanol–water partition coefficient (Wildman–Crippen LogP) is 0.625. The Hall–Kier alpha value is -0.170. The zero-order valence-corrected chi connectivity index (χ0v) is 12.7. The Bertz CT molecular complexity index is 343. The van der Waals surface area contributed by atoms with E-state index in [-0.39, 0.29) is 5.25 Å². The number of likely N-dealkylation sites (tertiary alicyclic amines) is 1. The summed E-state index contributed by atoms with van der Waals surface area (Å²) in [6, 6.07) is 0. The first-order valence-corrected chi connectivity index (χ1v) is 8.04. The molecule has 1 saturated heterocycles. The minimum atomic E-state index is -3.11. The van der Waals surface area contributed by atoms with E-state index in [0.717, 1.165) is 32.7 Å². The molecule has 0 aromatic carbocycles. The molecule has 0 aliphatic carbocycles. The first-order chi connectivity index (χ1) is 8.37. The summed E-state index contributed by atoms with van der Waals surface area (Å²) in [5.74, 6) is 0.445. The van der Waals surface area contributed by atoms with Gasteiger partial charge in [-0.3, -0.25) is 0 Å². The van der Waals surface area contributed by atoms with Crippen LogP contribution in [0.4, 0.5) is 0 Å². The Morgan fingerprint density at radius 3 is 2.67 bits per heavy atom. The van der Waals surface area contributed by atoms with E-state index in [1.54, 1.807) is 28.0 Å². The topological polar surface area (TPSA) is 49.9 Å². The smallest absolute Gasteiger partial charge is 0.216 e. The Kier molecular flexibility index (Phi) is 6.04. The lowest BCUT2D eigenvalue weighted by Crippen LogP contribution is -2.37. The van der Waals surface area contributed by atoms with Crippen molar-refractivity contribution in [1.29, 1.82) is 0 Å². The van der Waals surface area contributed by atoms with Crippen molar-refractivity contribution in [2.24, 2.45) is 5.92 Å². The van der Waals surface area contributed by atoms with Gasteiger partial charge in [0.25, 0.3) is 0 Å². The second-order valence-corrected chi connectivity index (χ2v) is 7.92. The summed E-state index contributed by atoms with van der Waals surface area (Å²) in [6.45, 7) is 7.78. The molecule has 0 amide bonds. The van der Waals surface area contributed by atoms with Crippen LogP contribution < -0.4 is 0 Å². The van der Waals surface area contributed by atoms with Crippen LogP contribution in [0.25, 0.3) is 0 Å². The van der Waals surface area contributed by atoms with Gasteiger partial charge in [-0.05, 0) is 32.7 Å². The fourth-order valence-corrected chi connectivity index (χ4v) is 3.45. The molecule has 1 fully saturated rings. The van der Waals surface area contributed by atoms with Crippen molar-refractivity contribution in [2.45, 2.75) is 25.5 Å². The third-order valence-electron chi connectivity index (χ3n) is 3.53. The normalized spacial score (nSPS) is 22.2. The quantitative estimate of drug-likeness (QED) is 0.685. The highest BCUT2D eigenvalue weighted by Crippen LogP contribution is 2.18. The zero-order chi connectivity index (χ0) is 13.8. The number of nitrogens with zero attached hydrogens (tertiary/aromatic N) is 2. The molecule has 1 unspecified atom stereocenters. The lowest BCUT2D eigenvalue weighted by molar-refractivity contribution is 0.158. The molecular formula is C12H26N2O3S. The molecule has 5 nitrogen and oxygen atoms in total. The van der Waals surface area contributed by atoms with Crippen LogP contribution in [0.3, 0.4) is 0 Å². The SMILES string of the molecule is COCCN1CCC(CN(C)S(=O)(=O)C(C)C)C1. The molecule has 1 rings (SSSR count). The lowest BCUT2D eigenvalue weighted by atomic mass is 10.1. The maximum Gasteiger partial charge on any atom is 0.216 e. The molecule has 0 spiro atoms. The summed E-state index contributed by atoms with van der Waals surface area (Å²) < 4.78 is 30.5. The van der Waals surface area contributed by atoms with E-state index in [9.17, 15) is 8.42 Å². The third kappa shape index (κ3) is 4.19. The Morgan fingerprint density at radius 1 is 1.44 bits per heavy atom. The Morgan fingerprint density at radius 2 is 2.11 bits per heavy atom. The molecule has 1 aliphatic heterocycles. The maximum absolute atomic E-state index is 12.0. The first kappa shape index (κ1) is 15.9. The molecule has 6 heteroatoms. The second-order valence-electron chi connectivity index (χ2n) is 5.32. The third-order valence-corrected chi connectivity index (χ3v) is 5.74. The standard InChI is InChI=1S/C12H26N2O3S/c1-11(2)18(15,16)13(3)9-12-5-6-14(10-12)7-8-17-4/h11-12H,5-10H2,1-4H3. The molecule has 1 atom stereocenters. The van der Waals surface area contributed by atoms with E-state index in [0.29, 0.717) is 12.5 Å². The van der Waals surface area contributed by atoms with Crippen molar-refractivity contribution in [2.75, 3.05) is 46.9 Å². The zero-order valence-electron chi connectivity index (χ0n) is 11.9. The van der Waals surface area contributed by atoms with Crippen LogP contribution in [-0.2, 0) is 14.8 Å². The molecule has 0 aromatic rings. The summed E-state index contributed by atoms with van der Waals surface area (Å²) >= 11 is 0. The Balaban J connectivity index is 2.41. The van der Waals surface area contributed by atoms with Gasteiger partial charge in [0.1, 0.15) is 0 Å². The highest BCUT2D eigenvalue weighted by Gasteiger charge is 2.28. The van der Waals surface area contributed by atoms with Gasteiger partial charge in [-0.2, -0.15) is 0 Å². The summed E-state index contributed by atoms with van der Waals surface area (Å²) in [7, 11) is 0.284. The van der Waals surface area contributed by atoms with Gasteiger partial charge < -0.3 is 9.64 Å². The van der Waals surface area contributed by atoms with Crippen molar-refractivity contribution in [3.8, 4) is 0 Å². The van der Waals surface area contributed by atoms with Gasteiger partial charge in [-0.15, -0.1) is 0 Å². The molecule has 1 aliphatic rings. The van der Waals surface area contributed by atoms with Crippen LogP contribution in [-0.4, -0.2) is 69.8 Å². The number of hydrogen-bond donors (Lipinski definition) is 0. The minimum Gasteiger partial charge on any atom is -0.383 e. The van der Waals surface area contributed by atoms with E-state index < -0.39 is 10.0 Å². The number of rotatable bonds is 7. The van der Waals surface area contributed by atoms with Crippen LogP contribution in [0.15, 0.2) is 0 Å². The van der Waals surface area contributed by atoms with E-state index >= 15 is 0 Å². The van der Waals surface area contributed by atoms with Gasteiger partial charge in [0, 0.05) is 33.8 Å². The van der Waals surface area contributed by atoms with Crippen molar-refractivity contribution in [3.63, 3.8) is 0 Å². The molecular weight excluding hydrogens is 252 g/mol. The van der Waals surface area contributed by atoms with Gasteiger partial charge in [-0.1, -0.05) is 0 Å². The van der Waals surface area contributed by atoms with Gasteiger partial charge in [0.15, 0.2) is 0 Å². The molecule has 1 heterocycles. The number of methoxy groups -OCH3 is 1. The van der Waals surface area contributed by atoms with E-state index in [1.807, 2.05) is 0 Å². The van der Waals surface area contributed by atoms with Crippen molar-refractivity contribution in [3.05, 3.63) is 0 Å². The second kappa shape index (κ2) is 6.84. The average Bonchev–Trinajstić information content (AvgIpc) is 2.73. The molecule has 108 valence electrons. The van der Waals surface area contributed by atoms with Gasteiger partial charge in [-0.25, -0.2) is 12.7 Å². The van der Waals surface area contributed by atoms with Crippen LogP contribution in [0.2, 0.25) is 0 Å². The molecule has 0 bridgehead atoms. The van der Waals surface area contributed by atoms with Crippen LogP contribution in [0.1, 0.15) is 20.3 Å². The highest BCUT2D eigenvalue weighted by molar-refractivity contribution is 7.89. The van der Waals surface area contributed by atoms with E-state index in [4.69, 9.17) is 4.74 Å². The largest absolute Gasteiger partial charge is 0.383 e. The van der Waals surface area contributed by atoms with Crippen molar-refractivity contribution in [1.82, 2.24) is 9.21 Å². The molecule has 0 saturated carbocycles. The minimum absolute atomic E-state index is 0.339. The number of sulfonamides is 1. The highest BCUT2D eigenvalue weighted by atomic mass is 32.2. The van der Waals surface area contributed by atoms with E-state index in [1.165, 1.54) is 4.31 Å². The summed E-state index contributed by atoms with van der Waals surface area (Å²) in [5, 5.41) is -0.339. The summed E-state index contributed by atoms with van der Waals surface area (Å²) in [6.07, 6.45) is 1.07. The van der Waals surface area contributed by atoms with Gasteiger partial charge in [0.2, 0.25) is 10.0 Å². The fraction of sp³-hybridized carbons (Fsp3) is 1.00. The van der Waals surface area contributed by atoms with Crippen molar-refractivity contribution >= 4 is 10.0 Å². The lowest BCUT2D eigenvalue weighted by Gasteiger charge is -2.23. The molecule has 0 radical (unpaired) electrons. The molecule has 0 aromatic heterocycles. The van der Waals surface area contributed by atoms with Crippen molar-refractivity contribution < 1.29 is 13.2 Å². The fourth-order valence-electron chi connectivity index (χ4n) is 2.31. The summed E-state index contributed by atoms with van der Waals surface area (Å²) in [4.78, 5) is 2.34. The van der Waals surface area contributed by atoms with Crippen LogP contribution in [0.5, 0.6) is 0 Å². The number of hydrogen-bond acceptors (Lipinski definition) is 4. The predicted molar refractivity (Wildman–Crippen MR) is 73.1 cm³/mol. The van der Waals surface area contributed by atoms with Crippen LogP contribution >= 0.6 is 0 Å². The Labute approximate surface area is 111 Å². The van der Waals surface area contributed by atoms with Gasteiger partial charge in [0.05, 0.1) is 11.9 Å². The van der Waals surface area contributed by atoms with Gasteiger partial charge >= 0.3 is 0 Å². The maximum atomic E-state index is 12.0. The monoisotopic (exact) mass is 278 g/mol. The summed E-state index contributed by atoms with van der Waals surface area (Å²) in [5.41, 5.74) is 0. The molecule has 18 heavy (non-hydrogen) atoms. The number of ether oxygens (including phenoxy) is 1. The molecule has 0 N–H and O–H groups in total. The first-order valence-electron chi connectivity index (χ1n) is 6.54.